The average Bonchev–Trinajstić information content (AvgIpc) is 2.94. The Bertz CT molecular complexity index is 725. The molecule has 0 aliphatic rings. The van der Waals surface area contributed by atoms with E-state index in [0.717, 1.165) is 41.7 Å². The molecule has 0 fully saturated rings. The Kier molecular flexibility index (Phi) is 4.69. The number of primary amides is 1. The molecule has 0 aliphatic carbocycles. The van der Waals surface area contributed by atoms with Crippen molar-refractivity contribution in [2.75, 3.05) is 0 Å². The first-order valence-electron chi connectivity index (χ1n) is 6.20. The molecule has 2 aromatic rings. The second-order valence-electron chi connectivity index (χ2n) is 4.56. The largest absolute Gasteiger partial charge is 0.412 e. The third-order valence-electron chi connectivity index (χ3n) is 2.91. The van der Waals surface area contributed by atoms with Crippen LogP contribution in [0.25, 0.3) is 0 Å². The average molecular weight is 346 g/mol. The van der Waals surface area contributed by atoms with E-state index in [9.17, 15) is 27.2 Å². The molecule has 0 aliphatic heterocycles. The summed E-state index contributed by atoms with van der Waals surface area (Å²) in [4.78, 5) is 22.8. The van der Waals surface area contributed by atoms with Gasteiger partial charge in [-0.1, -0.05) is 12.1 Å². The number of halogens is 4. The first kappa shape index (κ1) is 16.9. The van der Waals surface area contributed by atoms with Gasteiger partial charge < -0.3 is 11.1 Å². The number of carbonyl (C=O) groups excluding carboxylic acids is 2. The first-order chi connectivity index (χ1) is 10.7. The molecule has 1 heterocycles. The van der Waals surface area contributed by atoms with Crippen LogP contribution >= 0.6 is 11.3 Å². The van der Waals surface area contributed by atoms with Gasteiger partial charge in [-0.15, -0.1) is 11.3 Å². The minimum atomic E-state index is -4.77. The van der Waals surface area contributed by atoms with Gasteiger partial charge in [0.15, 0.2) is 6.04 Å². The van der Waals surface area contributed by atoms with E-state index in [1.165, 1.54) is 5.38 Å². The predicted molar refractivity (Wildman–Crippen MR) is 75.5 cm³/mol. The zero-order valence-electron chi connectivity index (χ0n) is 11.4. The molecule has 0 spiro atoms. The molecule has 0 saturated heterocycles. The van der Waals surface area contributed by atoms with Crippen LogP contribution in [-0.4, -0.2) is 18.0 Å². The second-order valence-corrected chi connectivity index (χ2v) is 5.47. The molecule has 0 radical (unpaired) electrons. The number of benzene rings is 1. The summed E-state index contributed by atoms with van der Waals surface area (Å²) in [5.41, 5.74) is 4.75. The smallest absolute Gasteiger partial charge is 0.366 e. The van der Waals surface area contributed by atoms with E-state index < -0.39 is 29.8 Å². The Labute approximate surface area is 131 Å². The number of amides is 2. The normalized spacial score (nSPS) is 12.7. The fourth-order valence-corrected chi connectivity index (χ4v) is 2.60. The SMILES string of the molecule is NC(=O)c1csc(C(=O)N[C@@H](c2ccc(F)cc2)C(F)(F)F)c1. The molecule has 4 nitrogen and oxygen atoms in total. The van der Waals surface area contributed by atoms with Gasteiger partial charge in [0.05, 0.1) is 10.4 Å². The third kappa shape index (κ3) is 4.07. The van der Waals surface area contributed by atoms with Crippen LogP contribution in [0.2, 0.25) is 0 Å². The van der Waals surface area contributed by atoms with Gasteiger partial charge in [0, 0.05) is 5.38 Å². The summed E-state index contributed by atoms with van der Waals surface area (Å²) in [6.45, 7) is 0. The number of nitrogens with two attached hydrogens (primary N) is 1. The van der Waals surface area contributed by atoms with Crippen LogP contribution in [-0.2, 0) is 0 Å². The van der Waals surface area contributed by atoms with Gasteiger partial charge in [0.25, 0.3) is 5.91 Å². The van der Waals surface area contributed by atoms with Crippen molar-refractivity contribution in [1.29, 1.82) is 0 Å². The van der Waals surface area contributed by atoms with Gasteiger partial charge in [-0.3, -0.25) is 9.59 Å². The number of hydrogen-bond donors (Lipinski definition) is 2. The Morgan fingerprint density at radius 3 is 2.26 bits per heavy atom. The maximum atomic E-state index is 13.1. The van der Waals surface area contributed by atoms with Crippen molar-refractivity contribution in [3.8, 4) is 0 Å². The topological polar surface area (TPSA) is 72.2 Å². The minimum Gasteiger partial charge on any atom is -0.366 e. The first-order valence-corrected chi connectivity index (χ1v) is 7.08. The number of nitrogens with one attached hydrogen (secondary N) is 1. The van der Waals surface area contributed by atoms with E-state index in [-0.39, 0.29) is 16.0 Å². The number of rotatable bonds is 4. The van der Waals surface area contributed by atoms with Crippen molar-refractivity contribution < 1.29 is 27.2 Å². The molecule has 0 bridgehead atoms. The van der Waals surface area contributed by atoms with Crippen molar-refractivity contribution in [2.45, 2.75) is 12.2 Å². The van der Waals surface area contributed by atoms with Gasteiger partial charge in [0.1, 0.15) is 5.82 Å². The molecule has 3 N–H and O–H groups in total. The third-order valence-corrected chi connectivity index (χ3v) is 3.84. The zero-order valence-corrected chi connectivity index (χ0v) is 12.2. The van der Waals surface area contributed by atoms with Gasteiger partial charge in [-0.25, -0.2) is 4.39 Å². The van der Waals surface area contributed by atoms with E-state index in [0.29, 0.717) is 0 Å². The maximum Gasteiger partial charge on any atom is 0.412 e. The Morgan fingerprint density at radius 1 is 1.17 bits per heavy atom. The Morgan fingerprint density at radius 2 is 1.78 bits per heavy atom. The molecule has 1 aromatic carbocycles. The predicted octanol–water partition coefficient (Wildman–Crippen LogP) is 3.02. The molecule has 23 heavy (non-hydrogen) atoms. The second kappa shape index (κ2) is 6.37. The summed E-state index contributed by atoms with van der Waals surface area (Å²) in [6.07, 6.45) is -4.77. The molecule has 0 saturated carbocycles. The summed E-state index contributed by atoms with van der Waals surface area (Å²) < 4.78 is 52.3. The van der Waals surface area contributed by atoms with E-state index in [4.69, 9.17) is 5.73 Å². The number of alkyl halides is 3. The van der Waals surface area contributed by atoms with Crippen molar-refractivity contribution in [3.63, 3.8) is 0 Å². The quantitative estimate of drug-likeness (QED) is 0.836. The monoisotopic (exact) mass is 346 g/mol. The van der Waals surface area contributed by atoms with Crippen LogP contribution in [0.3, 0.4) is 0 Å². The highest BCUT2D eigenvalue weighted by Crippen LogP contribution is 2.33. The molecular formula is C14H10F4N2O2S. The van der Waals surface area contributed by atoms with Crippen LogP contribution in [0.5, 0.6) is 0 Å². The van der Waals surface area contributed by atoms with Gasteiger partial charge in [-0.2, -0.15) is 13.2 Å². The van der Waals surface area contributed by atoms with Crippen molar-refractivity contribution in [1.82, 2.24) is 5.32 Å². The van der Waals surface area contributed by atoms with Gasteiger partial charge >= 0.3 is 6.18 Å². The maximum absolute atomic E-state index is 13.1. The Balaban J connectivity index is 2.25. The van der Waals surface area contributed by atoms with Gasteiger partial charge in [-0.05, 0) is 23.8 Å². The van der Waals surface area contributed by atoms with E-state index in [1.807, 2.05) is 5.32 Å². The van der Waals surface area contributed by atoms with Crippen molar-refractivity contribution in [2.24, 2.45) is 5.73 Å². The summed E-state index contributed by atoms with van der Waals surface area (Å²) in [5, 5.41) is 3.11. The zero-order chi connectivity index (χ0) is 17.2. The summed E-state index contributed by atoms with van der Waals surface area (Å²) in [5.74, 6) is -2.48. The Hall–Kier alpha value is -2.42. The number of carbonyl (C=O) groups is 2. The molecule has 0 unspecified atom stereocenters. The highest BCUT2D eigenvalue weighted by atomic mass is 32.1. The fourth-order valence-electron chi connectivity index (χ4n) is 1.80. The molecule has 1 atom stereocenters. The highest BCUT2D eigenvalue weighted by Gasteiger charge is 2.42. The van der Waals surface area contributed by atoms with Crippen LogP contribution in [0, 0.1) is 5.82 Å². The lowest BCUT2D eigenvalue weighted by atomic mass is 10.1. The van der Waals surface area contributed by atoms with E-state index in [1.54, 1.807) is 0 Å². The van der Waals surface area contributed by atoms with E-state index >= 15 is 0 Å². The van der Waals surface area contributed by atoms with Crippen LogP contribution < -0.4 is 11.1 Å². The molecule has 9 heteroatoms. The lowest BCUT2D eigenvalue weighted by Crippen LogP contribution is -2.37. The number of hydrogen-bond acceptors (Lipinski definition) is 3. The summed E-state index contributed by atoms with van der Waals surface area (Å²) in [6, 6.07) is 2.44. The molecular weight excluding hydrogens is 336 g/mol. The molecule has 1 aromatic heterocycles. The standard InChI is InChI=1S/C14H10F4N2O2S/c15-9-3-1-7(2-4-9)11(14(16,17)18)20-13(22)10-5-8(6-23-10)12(19)21/h1-6,11H,(H2,19,21)(H,20,22)/t11-/m0/s1. The summed E-state index contributed by atoms with van der Waals surface area (Å²) in [7, 11) is 0. The summed E-state index contributed by atoms with van der Waals surface area (Å²) >= 11 is 0.796. The fraction of sp³-hybridized carbons (Fsp3) is 0.143. The van der Waals surface area contributed by atoms with Crippen LogP contribution in [0.1, 0.15) is 31.6 Å². The highest BCUT2D eigenvalue weighted by molar-refractivity contribution is 7.12. The molecule has 2 rings (SSSR count). The lowest BCUT2D eigenvalue weighted by Gasteiger charge is -2.21. The minimum absolute atomic E-state index is 0.0329. The van der Waals surface area contributed by atoms with Gasteiger partial charge in [0.2, 0.25) is 5.91 Å². The van der Waals surface area contributed by atoms with Crippen LogP contribution in [0.15, 0.2) is 35.7 Å². The molecule has 2 amide bonds. The van der Waals surface area contributed by atoms with Crippen LogP contribution in [0.4, 0.5) is 17.6 Å². The van der Waals surface area contributed by atoms with E-state index in [2.05, 4.69) is 0 Å². The number of thiophene rings is 1. The lowest BCUT2D eigenvalue weighted by molar-refractivity contribution is -0.155. The van der Waals surface area contributed by atoms with Crippen molar-refractivity contribution in [3.05, 3.63) is 57.5 Å². The molecule has 122 valence electrons. The van der Waals surface area contributed by atoms with Crippen molar-refractivity contribution >= 4 is 23.2 Å².